The Morgan fingerprint density at radius 3 is 2.61 bits per heavy atom. The highest BCUT2D eigenvalue weighted by Gasteiger charge is 2.33. The largest absolute Gasteiger partial charge is 0.497 e. The molecular weight excluding hydrogens is 396 g/mol. The maximum absolute atomic E-state index is 12.7. The average molecular weight is 415 g/mol. The third-order valence-corrected chi connectivity index (χ3v) is 5.27. The van der Waals surface area contributed by atoms with E-state index in [-0.39, 0.29) is 22.6 Å². The van der Waals surface area contributed by atoms with Crippen molar-refractivity contribution in [3.8, 4) is 11.5 Å². The summed E-state index contributed by atoms with van der Waals surface area (Å²) in [5.41, 5.74) is 4.14. The number of benzene rings is 2. The van der Waals surface area contributed by atoms with Gasteiger partial charge in [-0.1, -0.05) is 42.1 Å². The Morgan fingerprint density at radius 1 is 1.18 bits per heavy atom. The zero-order chi connectivity index (χ0) is 20.1. The monoisotopic (exact) mass is 414 g/mol. The van der Waals surface area contributed by atoms with Crippen molar-refractivity contribution in [1.82, 2.24) is 10.4 Å². The standard InChI is InChI=1S/C20H18N2O4S2/c1-25-15-9-8-14(16(12-15)26-2)11-17-19(24)22(20(27)28-17)21-18(23)10-13-6-4-3-5-7-13/h3-9,11-12H,10H2,1-2H3,(H,21,23)/b17-11-. The van der Waals surface area contributed by atoms with Crippen LogP contribution in [0.25, 0.3) is 6.08 Å². The van der Waals surface area contributed by atoms with Crippen LogP contribution < -0.4 is 14.9 Å². The van der Waals surface area contributed by atoms with Gasteiger partial charge in [-0.15, -0.1) is 0 Å². The Balaban J connectivity index is 1.74. The van der Waals surface area contributed by atoms with Gasteiger partial charge >= 0.3 is 0 Å². The summed E-state index contributed by atoms with van der Waals surface area (Å²) in [5, 5.41) is 1.10. The van der Waals surface area contributed by atoms with Gasteiger partial charge in [-0.2, -0.15) is 5.01 Å². The first kappa shape index (κ1) is 19.9. The summed E-state index contributed by atoms with van der Waals surface area (Å²) in [5.74, 6) is 0.521. The molecule has 1 aliphatic rings. The van der Waals surface area contributed by atoms with E-state index in [1.165, 1.54) is 0 Å². The minimum absolute atomic E-state index is 0.156. The zero-order valence-electron chi connectivity index (χ0n) is 15.3. The van der Waals surface area contributed by atoms with Crippen LogP contribution in [0.5, 0.6) is 11.5 Å². The molecule has 0 spiro atoms. The lowest BCUT2D eigenvalue weighted by Crippen LogP contribution is -2.45. The Morgan fingerprint density at radius 2 is 1.93 bits per heavy atom. The second-order valence-corrected chi connectivity index (χ2v) is 7.50. The normalized spacial score (nSPS) is 15.1. The van der Waals surface area contributed by atoms with Gasteiger partial charge in [-0.05, 0) is 36.0 Å². The third-order valence-electron chi connectivity index (χ3n) is 3.96. The molecule has 8 heteroatoms. The highest BCUT2D eigenvalue weighted by molar-refractivity contribution is 8.26. The second kappa shape index (κ2) is 8.90. The van der Waals surface area contributed by atoms with Crippen molar-refractivity contribution >= 4 is 46.2 Å². The maximum Gasteiger partial charge on any atom is 0.285 e. The number of ether oxygens (including phenoxy) is 2. The molecule has 0 bridgehead atoms. The van der Waals surface area contributed by atoms with Crippen molar-refractivity contribution in [1.29, 1.82) is 0 Å². The van der Waals surface area contributed by atoms with Crippen LogP contribution in [-0.4, -0.2) is 35.4 Å². The quantitative estimate of drug-likeness (QED) is 0.579. The molecule has 3 rings (SSSR count). The van der Waals surface area contributed by atoms with Crippen molar-refractivity contribution in [3.05, 3.63) is 64.6 Å². The average Bonchev–Trinajstić information content (AvgIpc) is 2.96. The summed E-state index contributed by atoms with van der Waals surface area (Å²) in [7, 11) is 3.11. The van der Waals surface area contributed by atoms with E-state index in [1.54, 1.807) is 38.5 Å². The number of methoxy groups -OCH3 is 2. The van der Waals surface area contributed by atoms with Crippen LogP contribution in [0.4, 0.5) is 0 Å². The number of amides is 2. The molecule has 0 saturated carbocycles. The summed E-state index contributed by atoms with van der Waals surface area (Å²) in [4.78, 5) is 25.4. The Labute approximate surface area is 172 Å². The molecule has 0 radical (unpaired) electrons. The van der Waals surface area contributed by atoms with Crippen molar-refractivity contribution in [3.63, 3.8) is 0 Å². The Hall–Kier alpha value is -2.84. The van der Waals surface area contributed by atoms with E-state index in [0.29, 0.717) is 22.0 Å². The van der Waals surface area contributed by atoms with Crippen LogP contribution in [0.3, 0.4) is 0 Å². The van der Waals surface area contributed by atoms with Crippen LogP contribution in [0.15, 0.2) is 53.4 Å². The molecular formula is C20H18N2O4S2. The Bertz CT molecular complexity index is 944. The van der Waals surface area contributed by atoms with Crippen molar-refractivity contribution in [2.75, 3.05) is 14.2 Å². The minimum atomic E-state index is -0.380. The first-order chi connectivity index (χ1) is 13.5. The van der Waals surface area contributed by atoms with E-state index in [9.17, 15) is 9.59 Å². The second-order valence-electron chi connectivity index (χ2n) is 5.82. The summed E-state index contributed by atoms with van der Waals surface area (Å²) in [6, 6.07) is 14.6. The van der Waals surface area contributed by atoms with Crippen molar-refractivity contribution in [2.45, 2.75) is 6.42 Å². The van der Waals surface area contributed by atoms with Crippen LogP contribution in [0, 0.1) is 0 Å². The van der Waals surface area contributed by atoms with E-state index < -0.39 is 0 Å². The number of nitrogens with one attached hydrogen (secondary N) is 1. The molecule has 1 heterocycles. The molecule has 1 fully saturated rings. The summed E-state index contributed by atoms with van der Waals surface area (Å²) in [6.07, 6.45) is 1.84. The summed E-state index contributed by atoms with van der Waals surface area (Å²) < 4.78 is 10.8. The fourth-order valence-electron chi connectivity index (χ4n) is 2.59. The fourth-order valence-corrected chi connectivity index (χ4v) is 3.76. The molecule has 28 heavy (non-hydrogen) atoms. The first-order valence-corrected chi connectivity index (χ1v) is 9.57. The van der Waals surface area contributed by atoms with Crippen molar-refractivity contribution < 1.29 is 19.1 Å². The van der Waals surface area contributed by atoms with Gasteiger partial charge in [0.2, 0.25) is 5.91 Å². The van der Waals surface area contributed by atoms with Gasteiger partial charge < -0.3 is 9.47 Å². The van der Waals surface area contributed by atoms with Gasteiger partial charge in [0.05, 0.1) is 25.5 Å². The van der Waals surface area contributed by atoms with Gasteiger partial charge in [0.25, 0.3) is 5.91 Å². The summed E-state index contributed by atoms with van der Waals surface area (Å²) >= 11 is 6.38. The fraction of sp³-hybridized carbons (Fsp3) is 0.150. The molecule has 2 aromatic rings. The van der Waals surface area contributed by atoms with E-state index in [0.717, 1.165) is 22.3 Å². The smallest absolute Gasteiger partial charge is 0.285 e. The highest BCUT2D eigenvalue weighted by Crippen LogP contribution is 2.34. The molecule has 0 unspecified atom stereocenters. The predicted molar refractivity (Wildman–Crippen MR) is 113 cm³/mol. The molecule has 6 nitrogen and oxygen atoms in total. The lowest BCUT2D eigenvalue weighted by atomic mass is 10.1. The van der Waals surface area contributed by atoms with E-state index in [1.807, 2.05) is 30.3 Å². The van der Waals surface area contributed by atoms with E-state index in [2.05, 4.69) is 5.43 Å². The topological polar surface area (TPSA) is 67.9 Å². The van der Waals surface area contributed by atoms with Gasteiger partial charge in [0.15, 0.2) is 4.32 Å². The SMILES string of the molecule is COc1ccc(/C=C2\SC(=S)N(NC(=O)Cc3ccccc3)C2=O)c(OC)c1. The van der Waals surface area contributed by atoms with Gasteiger partial charge in [-0.25, -0.2) is 0 Å². The number of hydrazine groups is 1. The maximum atomic E-state index is 12.7. The number of rotatable bonds is 6. The third kappa shape index (κ3) is 4.52. The number of hydrogen-bond acceptors (Lipinski definition) is 6. The van der Waals surface area contributed by atoms with E-state index >= 15 is 0 Å². The van der Waals surface area contributed by atoms with Crippen molar-refractivity contribution in [2.24, 2.45) is 0 Å². The van der Waals surface area contributed by atoms with Gasteiger partial charge in [0.1, 0.15) is 11.5 Å². The van der Waals surface area contributed by atoms with Crippen LogP contribution in [0.1, 0.15) is 11.1 Å². The number of hydrogen-bond donors (Lipinski definition) is 1. The molecule has 1 aliphatic heterocycles. The molecule has 0 aliphatic carbocycles. The molecule has 0 aromatic heterocycles. The molecule has 1 saturated heterocycles. The lowest BCUT2D eigenvalue weighted by Gasteiger charge is -2.15. The summed E-state index contributed by atoms with van der Waals surface area (Å²) in [6.45, 7) is 0. The number of nitrogens with zero attached hydrogens (tertiary/aromatic N) is 1. The molecule has 2 aromatic carbocycles. The number of carbonyl (C=O) groups excluding carboxylic acids is 2. The molecule has 0 atom stereocenters. The first-order valence-electron chi connectivity index (χ1n) is 8.35. The lowest BCUT2D eigenvalue weighted by molar-refractivity contribution is -0.132. The Kier molecular flexibility index (Phi) is 6.33. The van der Waals surface area contributed by atoms with Crippen LogP contribution in [-0.2, 0) is 16.0 Å². The molecule has 1 N–H and O–H groups in total. The van der Waals surface area contributed by atoms with Crippen LogP contribution >= 0.6 is 24.0 Å². The van der Waals surface area contributed by atoms with Gasteiger partial charge in [0, 0.05) is 11.6 Å². The van der Waals surface area contributed by atoms with E-state index in [4.69, 9.17) is 21.7 Å². The zero-order valence-corrected chi connectivity index (χ0v) is 16.9. The highest BCUT2D eigenvalue weighted by atomic mass is 32.2. The number of thiocarbonyl (C=S) groups is 1. The number of carbonyl (C=O) groups is 2. The number of thioether (sulfide) groups is 1. The molecule has 144 valence electrons. The minimum Gasteiger partial charge on any atom is -0.497 e. The van der Waals surface area contributed by atoms with Gasteiger partial charge in [-0.3, -0.25) is 15.0 Å². The molecule has 2 amide bonds. The van der Waals surface area contributed by atoms with Crippen LogP contribution in [0.2, 0.25) is 0 Å². The predicted octanol–water partition coefficient (Wildman–Crippen LogP) is 3.18.